The van der Waals surface area contributed by atoms with E-state index < -0.39 is 11.6 Å². The molecule has 0 amide bonds. The van der Waals surface area contributed by atoms with Gasteiger partial charge in [-0.2, -0.15) is 0 Å². The average Bonchev–Trinajstić information content (AvgIpc) is 2.39. The molecule has 0 bridgehead atoms. The zero-order valence-corrected chi connectivity index (χ0v) is 12.0. The smallest absolute Gasteiger partial charge is 0.233 e. The number of halogens is 2. The van der Waals surface area contributed by atoms with E-state index in [9.17, 15) is 9.59 Å². The minimum absolute atomic E-state index is 0. The van der Waals surface area contributed by atoms with Gasteiger partial charge in [0, 0.05) is 22.5 Å². The predicted octanol–water partition coefficient (Wildman–Crippen LogP) is 2.76. The quantitative estimate of drug-likeness (QED) is 0.518. The molecule has 4 N–H and O–H groups in total. The van der Waals surface area contributed by atoms with Crippen molar-refractivity contribution in [1.29, 1.82) is 0 Å². The van der Waals surface area contributed by atoms with Gasteiger partial charge in [0.25, 0.3) is 0 Å². The monoisotopic (exact) mass is 312 g/mol. The maximum Gasteiger partial charge on any atom is 0.233 e. The van der Waals surface area contributed by atoms with E-state index in [-0.39, 0.29) is 24.8 Å². The molecule has 0 aromatic heterocycles. The van der Waals surface area contributed by atoms with Gasteiger partial charge < -0.3 is 11.5 Å². The third kappa shape index (κ3) is 3.98. The fourth-order valence-electron chi connectivity index (χ4n) is 1.53. The molecule has 0 spiro atoms. The van der Waals surface area contributed by atoms with E-state index in [4.69, 9.17) is 11.5 Å². The van der Waals surface area contributed by atoms with Crippen LogP contribution in [0.4, 0.5) is 11.4 Å². The molecule has 0 heterocycles. The highest BCUT2D eigenvalue weighted by Crippen LogP contribution is 2.12. The number of nitrogens with two attached hydrogens (primary N) is 2. The highest BCUT2D eigenvalue weighted by atomic mass is 35.5. The Morgan fingerprint density at radius 2 is 0.850 bits per heavy atom. The van der Waals surface area contributed by atoms with Crippen LogP contribution in [0.5, 0.6) is 0 Å². The van der Waals surface area contributed by atoms with E-state index in [0.29, 0.717) is 22.5 Å². The lowest BCUT2D eigenvalue weighted by Gasteiger charge is -2.02. The van der Waals surface area contributed by atoms with E-state index in [2.05, 4.69) is 0 Å². The number of Topliss-reactive ketones (excluding diaryl/α,β-unsaturated/α-hetero) is 2. The number of hydrogen-bond donors (Lipinski definition) is 2. The maximum absolute atomic E-state index is 11.9. The molecule has 2 aromatic carbocycles. The molecule has 2 aromatic rings. The molecule has 0 fully saturated rings. The average molecular weight is 313 g/mol. The first kappa shape index (κ1) is 18.0. The molecule has 0 saturated heterocycles. The summed E-state index contributed by atoms with van der Waals surface area (Å²) < 4.78 is 0. The summed E-state index contributed by atoms with van der Waals surface area (Å²) >= 11 is 0. The van der Waals surface area contributed by atoms with Crippen LogP contribution in [0.1, 0.15) is 20.7 Å². The largest absolute Gasteiger partial charge is 0.399 e. The molecule has 20 heavy (non-hydrogen) atoms. The number of benzene rings is 2. The summed E-state index contributed by atoms with van der Waals surface area (Å²) in [5, 5.41) is 0. The van der Waals surface area contributed by atoms with Gasteiger partial charge in [-0.05, 0) is 48.5 Å². The Labute approximate surface area is 129 Å². The maximum atomic E-state index is 11.9. The number of nitrogen functional groups attached to an aromatic ring is 2. The van der Waals surface area contributed by atoms with Crippen molar-refractivity contribution in [3.05, 3.63) is 59.7 Å². The Hall–Kier alpha value is -2.04. The summed E-state index contributed by atoms with van der Waals surface area (Å²) in [4.78, 5) is 23.8. The standard InChI is InChI=1S/C14H12N2O2.2ClH/c15-11-5-1-9(2-6-11)13(17)14(18)10-3-7-12(16)8-4-10;;/h1-8H,15-16H2;2*1H. The molecule has 0 aliphatic rings. The lowest BCUT2D eigenvalue weighted by Crippen LogP contribution is -2.14. The number of carbonyl (C=O) groups is 2. The topological polar surface area (TPSA) is 86.2 Å². The molecule has 4 nitrogen and oxygen atoms in total. The van der Waals surface area contributed by atoms with Gasteiger partial charge in [0.1, 0.15) is 0 Å². The van der Waals surface area contributed by atoms with Gasteiger partial charge in [-0.25, -0.2) is 0 Å². The van der Waals surface area contributed by atoms with Crippen molar-refractivity contribution in [1.82, 2.24) is 0 Å². The summed E-state index contributed by atoms with van der Waals surface area (Å²) in [6.07, 6.45) is 0. The molecule has 0 unspecified atom stereocenters. The second kappa shape index (κ2) is 7.53. The number of rotatable bonds is 3. The van der Waals surface area contributed by atoms with Crippen LogP contribution in [0.2, 0.25) is 0 Å². The summed E-state index contributed by atoms with van der Waals surface area (Å²) in [6.45, 7) is 0. The first-order valence-corrected chi connectivity index (χ1v) is 5.38. The van der Waals surface area contributed by atoms with Crippen LogP contribution in [0.3, 0.4) is 0 Å². The highest BCUT2D eigenvalue weighted by Gasteiger charge is 2.17. The first-order valence-electron chi connectivity index (χ1n) is 5.38. The Morgan fingerprint density at radius 3 is 1.10 bits per heavy atom. The van der Waals surface area contributed by atoms with Gasteiger partial charge in [0.05, 0.1) is 0 Å². The van der Waals surface area contributed by atoms with Crippen LogP contribution in [-0.2, 0) is 0 Å². The van der Waals surface area contributed by atoms with Crippen molar-refractivity contribution in [2.24, 2.45) is 0 Å². The Bertz CT molecular complexity index is 540. The number of ketones is 2. The molecule has 0 aliphatic heterocycles. The SMILES string of the molecule is Cl.Cl.Nc1ccc(C(=O)C(=O)c2ccc(N)cc2)cc1. The zero-order chi connectivity index (χ0) is 13.1. The molecule has 6 heteroatoms. The Kier molecular flexibility index (Phi) is 6.76. The van der Waals surface area contributed by atoms with Gasteiger partial charge in [-0.1, -0.05) is 0 Å². The third-order valence-corrected chi connectivity index (χ3v) is 2.55. The van der Waals surface area contributed by atoms with Gasteiger partial charge in [-0.15, -0.1) is 24.8 Å². The van der Waals surface area contributed by atoms with Gasteiger partial charge in [0.2, 0.25) is 11.6 Å². The number of hydrogen-bond acceptors (Lipinski definition) is 4. The van der Waals surface area contributed by atoms with Crippen LogP contribution in [-0.4, -0.2) is 11.6 Å². The highest BCUT2D eigenvalue weighted by molar-refractivity contribution is 6.49. The zero-order valence-electron chi connectivity index (χ0n) is 10.4. The fraction of sp³-hybridized carbons (Fsp3) is 0. The minimum atomic E-state index is -0.556. The normalized spacial score (nSPS) is 9.00. The summed E-state index contributed by atoms with van der Waals surface area (Å²) in [5.74, 6) is -1.11. The van der Waals surface area contributed by atoms with Crippen LogP contribution in [0.15, 0.2) is 48.5 Å². The second-order valence-corrected chi connectivity index (χ2v) is 3.90. The summed E-state index contributed by atoms with van der Waals surface area (Å²) in [6, 6.07) is 12.5. The van der Waals surface area contributed by atoms with E-state index in [1.54, 1.807) is 24.3 Å². The minimum Gasteiger partial charge on any atom is -0.399 e. The molecular formula is C14H14Cl2N2O2. The van der Waals surface area contributed by atoms with Crippen molar-refractivity contribution in [2.45, 2.75) is 0 Å². The molecule has 0 saturated carbocycles. The number of anilines is 2. The van der Waals surface area contributed by atoms with Crippen molar-refractivity contribution in [2.75, 3.05) is 11.5 Å². The van der Waals surface area contributed by atoms with E-state index >= 15 is 0 Å². The van der Waals surface area contributed by atoms with Crippen molar-refractivity contribution >= 4 is 47.8 Å². The van der Waals surface area contributed by atoms with Gasteiger partial charge >= 0.3 is 0 Å². The van der Waals surface area contributed by atoms with Crippen LogP contribution >= 0.6 is 24.8 Å². The Balaban J connectivity index is 0.00000180. The Morgan fingerprint density at radius 1 is 0.600 bits per heavy atom. The lowest BCUT2D eigenvalue weighted by atomic mass is 10.0. The van der Waals surface area contributed by atoms with Crippen molar-refractivity contribution in [3.8, 4) is 0 Å². The van der Waals surface area contributed by atoms with Crippen LogP contribution < -0.4 is 11.5 Å². The molecule has 0 atom stereocenters. The van der Waals surface area contributed by atoms with Gasteiger partial charge in [0.15, 0.2) is 0 Å². The first-order chi connectivity index (χ1) is 8.58. The lowest BCUT2D eigenvalue weighted by molar-refractivity contribution is 0.0817. The molecular weight excluding hydrogens is 299 g/mol. The van der Waals surface area contributed by atoms with Crippen LogP contribution in [0, 0.1) is 0 Å². The van der Waals surface area contributed by atoms with Crippen molar-refractivity contribution < 1.29 is 9.59 Å². The van der Waals surface area contributed by atoms with E-state index in [1.165, 1.54) is 24.3 Å². The molecule has 0 aliphatic carbocycles. The van der Waals surface area contributed by atoms with Crippen molar-refractivity contribution in [3.63, 3.8) is 0 Å². The van der Waals surface area contributed by atoms with Crippen LogP contribution in [0.25, 0.3) is 0 Å². The summed E-state index contributed by atoms with van der Waals surface area (Å²) in [7, 11) is 0. The predicted molar refractivity (Wildman–Crippen MR) is 84.9 cm³/mol. The third-order valence-electron chi connectivity index (χ3n) is 2.55. The number of carbonyl (C=O) groups excluding carboxylic acids is 2. The molecule has 0 radical (unpaired) electrons. The molecule has 106 valence electrons. The fourth-order valence-corrected chi connectivity index (χ4v) is 1.53. The molecule has 2 rings (SSSR count). The summed E-state index contributed by atoms with van der Waals surface area (Å²) in [5.41, 5.74) is 12.8. The second-order valence-electron chi connectivity index (χ2n) is 3.90. The van der Waals surface area contributed by atoms with E-state index in [1.807, 2.05) is 0 Å². The van der Waals surface area contributed by atoms with E-state index in [0.717, 1.165) is 0 Å². The van der Waals surface area contributed by atoms with Gasteiger partial charge in [-0.3, -0.25) is 9.59 Å².